The van der Waals surface area contributed by atoms with E-state index in [4.69, 9.17) is 4.74 Å². The number of hydrogen-bond acceptors (Lipinski definition) is 5. The number of hydrogen-bond donors (Lipinski definition) is 2. The van der Waals surface area contributed by atoms with E-state index in [2.05, 4.69) is 10.6 Å². The number of amides is 2. The highest BCUT2D eigenvalue weighted by atomic mass is 32.2. The molecule has 0 saturated carbocycles. The topological polar surface area (TPSA) is 84.5 Å². The molecule has 0 fully saturated rings. The summed E-state index contributed by atoms with van der Waals surface area (Å²) < 4.78 is 5.02. The molecule has 1 atom stereocenters. The molecule has 0 aromatic heterocycles. The van der Waals surface area contributed by atoms with Crippen molar-refractivity contribution in [2.24, 2.45) is 0 Å². The summed E-state index contributed by atoms with van der Waals surface area (Å²) in [7, 11) is 0. The maximum Gasteiger partial charge on any atom is 0.319 e. The van der Waals surface area contributed by atoms with Crippen LogP contribution in [0.1, 0.15) is 18.1 Å². The maximum absolute atomic E-state index is 12.0. The highest BCUT2D eigenvalue weighted by molar-refractivity contribution is 8.00. The zero-order valence-corrected chi connectivity index (χ0v) is 17.0. The molecule has 0 radical (unpaired) electrons. The van der Waals surface area contributed by atoms with Gasteiger partial charge in [-0.3, -0.25) is 14.4 Å². The smallest absolute Gasteiger partial charge is 0.319 e. The molecular weight excluding hydrogens is 376 g/mol. The van der Waals surface area contributed by atoms with Gasteiger partial charge in [-0.1, -0.05) is 36.4 Å². The number of nitrogens with one attached hydrogen (secondary N) is 2. The Labute approximate surface area is 169 Å². The van der Waals surface area contributed by atoms with Gasteiger partial charge >= 0.3 is 5.97 Å². The highest BCUT2D eigenvalue weighted by Gasteiger charge is 2.17. The second-order valence-corrected chi connectivity index (χ2v) is 7.69. The van der Waals surface area contributed by atoms with Crippen LogP contribution in [0.4, 0.5) is 5.69 Å². The van der Waals surface area contributed by atoms with Crippen molar-refractivity contribution in [2.45, 2.75) is 30.9 Å². The second-order valence-electron chi connectivity index (χ2n) is 6.27. The fraction of sp³-hybridized carbons (Fsp3) is 0.286. The van der Waals surface area contributed by atoms with Crippen LogP contribution >= 0.6 is 11.8 Å². The van der Waals surface area contributed by atoms with Crippen molar-refractivity contribution in [3.63, 3.8) is 0 Å². The lowest BCUT2D eigenvalue weighted by atomic mass is 10.1. The molecular formula is C21H24N2O4S. The number of anilines is 1. The molecule has 0 unspecified atom stereocenters. The quantitative estimate of drug-likeness (QED) is 0.525. The lowest BCUT2D eigenvalue weighted by Gasteiger charge is -2.13. The molecule has 6 nitrogen and oxygen atoms in total. The minimum atomic E-state index is -0.526. The Morgan fingerprint density at radius 3 is 2.25 bits per heavy atom. The number of para-hydroxylation sites is 1. The molecule has 2 aromatic rings. The third-order valence-electron chi connectivity index (χ3n) is 3.93. The third-order valence-corrected chi connectivity index (χ3v) is 5.02. The fourth-order valence-corrected chi connectivity index (χ4v) is 3.32. The van der Waals surface area contributed by atoms with E-state index in [1.54, 1.807) is 6.92 Å². The highest BCUT2D eigenvalue weighted by Crippen LogP contribution is 2.23. The zero-order chi connectivity index (χ0) is 20.5. The van der Waals surface area contributed by atoms with Crippen LogP contribution in [0.3, 0.4) is 0 Å². The Kier molecular flexibility index (Phi) is 8.07. The number of esters is 1. The molecule has 2 rings (SSSR count). The van der Waals surface area contributed by atoms with Crippen LogP contribution in [-0.2, 0) is 19.1 Å². The van der Waals surface area contributed by atoms with Gasteiger partial charge < -0.3 is 15.4 Å². The van der Waals surface area contributed by atoms with E-state index in [9.17, 15) is 14.4 Å². The first-order valence-corrected chi connectivity index (χ1v) is 9.76. The van der Waals surface area contributed by atoms with E-state index in [1.807, 2.05) is 62.4 Å². The van der Waals surface area contributed by atoms with Gasteiger partial charge in [0.1, 0.15) is 5.25 Å². The summed E-state index contributed by atoms with van der Waals surface area (Å²) in [5, 5.41) is 4.79. The van der Waals surface area contributed by atoms with Gasteiger partial charge in [-0.05, 0) is 44.0 Å². The summed E-state index contributed by atoms with van der Waals surface area (Å²) in [6, 6.07) is 15.2. The van der Waals surface area contributed by atoms with Crippen LogP contribution in [0.25, 0.3) is 0 Å². The molecule has 0 heterocycles. The van der Waals surface area contributed by atoms with Gasteiger partial charge in [-0.2, -0.15) is 0 Å². The van der Waals surface area contributed by atoms with Crippen molar-refractivity contribution in [1.29, 1.82) is 0 Å². The zero-order valence-electron chi connectivity index (χ0n) is 16.2. The van der Waals surface area contributed by atoms with Crippen molar-refractivity contribution in [2.75, 3.05) is 18.5 Å². The van der Waals surface area contributed by atoms with Gasteiger partial charge in [0.2, 0.25) is 5.91 Å². The number of benzene rings is 2. The first-order chi connectivity index (χ1) is 13.4. The van der Waals surface area contributed by atoms with Crippen LogP contribution in [0.2, 0.25) is 0 Å². The van der Waals surface area contributed by atoms with E-state index < -0.39 is 23.7 Å². The van der Waals surface area contributed by atoms with Crippen molar-refractivity contribution >= 4 is 35.2 Å². The van der Waals surface area contributed by atoms with Crippen molar-refractivity contribution in [3.05, 3.63) is 59.7 Å². The molecule has 0 aliphatic heterocycles. The first kappa shape index (κ1) is 21.5. The molecule has 2 aromatic carbocycles. The number of carbonyl (C=O) groups is 3. The molecule has 0 bridgehead atoms. The average molecular weight is 401 g/mol. The molecule has 7 heteroatoms. The van der Waals surface area contributed by atoms with E-state index in [-0.39, 0.29) is 12.5 Å². The van der Waals surface area contributed by atoms with Crippen LogP contribution in [0.5, 0.6) is 0 Å². The summed E-state index contributed by atoms with van der Waals surface area (Å²) >= 11 is 1.36. The SMILES string of the molecule is Cc1cccc(C)c1NC(=O)CNC(=O)COC(=O)[C@@H](C)Sc1ccccc1. The second kappa shape index (κ2) is 10.5. The largest absolute Gasteiger partial charge is 0.455 e. The molecule has 2 N–H and O–H groups in total. The number of aryl methyl sites for hydroxylation is 2. The minimum absolute atomic E-state index is 0.196. The standard InChI is InChI=1S/C21H24N2O4S/c1-14-8-7-9-15(2)20(14)23-18(24)12-22-19(25)13-27-21(26)16(3)28-17-10-5-4-6-11-17/h4-11,16H,12-13H2,1-3H3,(H,22,25)(H,23,24)/t16-/m1/s1. The molecule has 0 saturated heterocycles. The summed E-state index contributed by atoms with van der Waals surface area (Å²) in [5.41, 5.74) is 2.62. The average Bonchev–Trinajstić information content (AvgIpc) is 2.68. The molecule has 0 spiro atoms. The predicted octanol–water partition coefficient (Wildman–Crippen LogP) is 3.08. The number of thioether (sulfide) groups is 1. The van der Waals surface area contributed by atoms with Crippen LogP contribution in [0.15, 0.2) is 53.4 Å². The summed E-state index contributed by atoms with van der Waals surface area (Å²) in [4.78, 5) is 36.8. The summed E-state index contributed by atoms with van der Waals surface area (Å²) in [6.07, 6.45) is 0. The van der Waals surface area contributed by atoms with Gasteiger partial charge in [0.15, 0.2) is 6.61 Å². The van der Waals surface area contributed by atoms with E-state index >= 15 is 0 Å². The first-order valence-electron chi connectivity index (χ1n) is 8.88. The Hall–Kier alpha value is -2.80. The Bertz CT molecular complexity index is 819. The van der Waals surface area contributed by atoms with Crippen LogP contribution < -0.4 is 10.6 Å². The van der Waals surface area contributed by atoms with E-state index in [0.717, 1.165) is 21.7 Å². The van der Waals surface area contributed by atoms with E-state index in [0.29, 0.717) is 0 Å². The molecule has 0 aliphatic rings. The fourth-order valence-electron chi connectivity index (χ4n) is 2.43. The van der Waals surface area contributed by atoms with Crippen molar-refractivity contribution in [1.82, 2.24) is 5.32 Å². The summed E-state index contributed by atoms with van der Waals surface area (Å²) in [6.45, 7) is 4.90. The molecule has 2 amide bonds. The number of rotatable bonds is 8. The maximum atomic E-state index is 12.0. The lowest BCUT2D eigenvalue weighted by molar-refractivity contribution is -0.147. The van der Waals surface area contributed by atoms with Gasteiger partial charge in [0.25, 0.3) is 5.91 Å². The van der Waals surface area contributed by atoms with Crippen LogP contribution in [-0.4, -0.2) is 36.2 Å². The number of ether oxygens (including phenoxy) is 1. The Morgan fingerprint density at radius 2 is 1.61 bits per heavy atom. The third kappa shape index (κ3) is 6.74. The van der Waals surface area contributed by atoms with E-state index in [1.165, 1.54) is 11.8 Å². The van der Waals surface area contributed by atoms with Gasteiger partial charge in [-0.25, -0.2) is 0 Å². The monoisotopic (exact) mass is 400 g/mol. The number of carbonyl (C=O) groups excluding carboxylic acids is 3. The molecule has 28 heavy (non-hydrogen) atoms. The predicted molar refractivity (Wildman–Crippen MR) is 110 cm³/mol. The molecule has 0 aliphatic carbocycles. The lowest BCUT2D eigenvalue weighted by Crippen LogP contribution is -2.36. The normalized spacial score (nSPS) is 11.4. The van der Waals surface area contributed by atoms with Crippen molar-refractivity contribution in [3.8, 4) is 0 Å². The minimum Gasteiger partial charge on any atom is -0.455 e. The Balaban J connectivity index is 1.72. The van der Waals surface area contributed by atoms with Crippen LogP contribution in [0, 0.1) is 13.8 Å². The molecule has 148 valence electrons. The van der Waals surface area contributed by atoms with Gasteiger partial charge in [0.05, 0.1) is 6.54 Å². The Morgan fingerprint density at radius 1 is 0.964 bits per heavy atom. The van der Waals surface area contributed by atoms with Gasteiger partial charge in [0, 0.05) is 10.6 Å². The summed E-state index contributed by atoms with van der Waals surface area (Å²) in [5.74, 6) is -1.35. The van der Waals surface area contributed by atoms with Crippen molar-refractivity contribution < 1.29 is 19.1 Å². The van der Waals surface area contributed by atoms with Gasteiger partial charge in [-0.15, -0.1) is 11.8 Å².